The number of thioether (sulfide) groups is 1. The average Bonchev–Trinajstić information content (AvgIpc) is 2.29. The number of benzene rings is 1. The Bertz CT molecular complexity index is 494. The molecule has 0 amide bonds. The van der Waals surface area contributed by atoms with Crippen LogP contribution in [-0.4, -0.2) is 16.2 Å². The highest BCUT2D eigenvalue weighted by Crippen LogP contribution is 2.19. The van der Waals surface area contributed by atoms with Crippen molar-refractivity contribution in [2.24, 2.45) is 0 Å². The number of hydrogen-bond acceptors (Lipinski definition) is 3. The van der Waals surface area contributed by atoms with Gasteiger partial charge in [0.25, 0.3) is 0 Å². The molecule has 2 aromatic rings. The molecular formula is C12H12N2S. The molecule has 1 heterocycles. The summed E-state index contributed by atoms with van der Waals surface area (Å²) >= 11 is 1.57. The first-order chi connectivity index (χ1) is 7.35. The summed E-state index contributed by atoms with van der Waals surface area (Å²) in [6.07, 6.45) is 4.65. The summed E-state index contributed by atoms with van der Waals surface area (Å²) in [7, 11) is 0. The minimum Gasteiger partial charge on any atom is -0.227 e. The van der Waals surface area contributed by atoms with Crippen molar-refractivity contribution in [1.29, 1.82) is 0 Å². The number of nitrogens with zero attached hydrogens (tertiary/aromatic N) is 2. The van der Waals surface area contributed by atoms with E-state index in [1.165, 1.54) is 0 Å². The monoisotopic (exact) mass is 216 g/mol. The van der Waals surface area contributed by atoms with Gasteiger partial charge < -0.3 is 0 Å². The lowest BCUT2D eigenvalue weighted by Crippen LogP contribution is -1.95. The van der Waals surface area contributed by atoms with Gasteiger partial charge in [-0.05, 0) is 12.3 Å². The van der Waals surface area contributed by atoms with Crippen molar-refractivity contribution in [2.45, 2.75) is 11.6 Å². The molecule has 2 nitrogen and oxygen atoms in total. The lowest BCUT2D eigenvalue weighted by atomic mass is 10.1. The van der Waals surface area contributed by atoms with Gasteiger partial charge in [0, 0.05) is 11.8 Å². The van der Waals surface area contributed by atoms with Gasteiger partial charge in [-0.3, -0.25) is 0 Å². The Kier molecular flexibility index (Phi) is 3.02. The molecule has 0 aliphatic carbocycles. The van der Waals surface area contributed by atoms with E-state index in [9.17, 15) is 0 Å². The van der Waals surface area contributed by atoms with Gasteiger partial charge in [-0.15, -0.1) is 6.58 Å². The molecule has 0 saturated carbocycles. The highest BCUT2D eigenvalue weighted by molar-refractivity contribution is 7.98. The summed E-state index contributed by atoms with van der Waals surface area (Å²) in [6, 6.07) is 8.08. The average molecular weight is 216 g/mol. The summed E-state index contributed by atoms with van der Waals surface area (Å²) < 4.78 is 0. The standard InChI is InChI=1S/C12H12N2S/c1-3-6-10-9-7-4-5-8-11(9)14-12(13-10)15-2/h3-5,7-8H,1,6H2,2H3. The Hall–Kier alpha value is -1.35. The van der Waals surface area contributed by atoms with E-state index in [1.807, 2.05) is 30.5 Å². The molecule has 0 spiro atoms. The third-order valence-electron chi connectivity index (χ3n) is 2.18. The van der Waals surface area contributed by atoms with Crippen LogP contribution in [0.4, 0.5) is 0 Å². The maximum atomic E-state index is 4.49. The SMILES string of the molecule is C=CCc1nc(SC)nc2ccccc12. The number of fused-ring (bicyclic) bond motifs is 1. The zero-order valence-electron chi connectivity index (χ0n) is 8.60. The summed E-state index contributed by atoms with van der Waals surface area (Å²) in [5.74, 6) is 0. The fraction of sp³-hybridized carbons (Fsp3) is 0.167. The number of para-hydroxylation sites is 1. The van der Waals surface area contributed by atoms with Crippen LogP contribution in [0.1, 0.15) is 5.69 Å². The van der Waals surface area contributed by atoms with Crippen molar-refractivity contribution in [3.05, 3.63) is 42.6 Å². The summed E-state index contributed by atoms with van der Waals surface area (Å²) in [6.45, 7) is 3.75. The maximum absolute atomic E-state index is 4.49. The molecule has 1 aromatic heterocycles. The van der Waals surface area contributed by atoms with Gasteiger partial charge in [0.2, 0.25) is 0 Å². The number of rotatable bonds is 3. The zero-order chi connectivity index (χ0) is 10.7. The van der Waals surface area contributed by atoms with Crippen LogP contribution in [0, 0.1) is 0 Å². The quantitative estimate of drug-likeness (QED) is 0.448. The summed E-state index contributed by atoms with van der Waals surface area (Å²) in [5, 5.41) is 1.95. The zero-order valence-corrected chi connectivity index (χ0v) is 9.42. The molecule has 15 heavy (non-hydrogen) atoms. The largest absolute Gasteiger partial charge is 0.227 e. The fourth-order valence-corrected chi connectivity index (χ4v) is 1.89. The minimum absolute atomic E-state index is 0.788. The third-order valence-corrected chi connectivity index (χ3v) is 2.73. The van der Waals surface area contributed by atoms with Crippen LogP contribution < -0.4 is 0 Å². The molecule has 0 unspecified atom stereocenters. The van der Waals surface area contributed by atoms with Crippen molar-refractivity contribution < 1.29 is 0 Å². The topological polar surface area (TPSA) is 25.8 Å². The molecule has 76 valence electrons. The first-order valence-corrected chi connectivity index (χ1v) is 5.98. The molecule has 0 fully saturated rings. The second-order valence-electron chi connectivity index (χ2n) is 3.17. The molecule has 2 rings (SSSR count). The molecule has 1 aromatic carbocycles. The maximum Gasteiger partial charge on any atom is 0.188 e. The first kappa shape index (κ1) is 10.2. The van der Waals surface area contributed by atoms with E-state index in [0.29, 0.717) is 0 Å². The molecule has 0 saturated heterocycles. The van der Waals surface area contributed by atoms with Crippen molar-refractivity contribution in [3.8, 4) is 0 Å². The molecule has 3 heteroatoms. The van der Waals surface area contributed by atoms with Crippen LogP contribution in [0.2, 0.25) is 0 Å². The Labute approximate surface area is 93.4 Å². The van der Waals surface area contributed by atoms with Crippen LogP contribution in [0.3, 0.4) is 0 Å². The first-order valence-electron chi connectivity index (χ1n) is 4.75. The van der Waals surface area contributed by atoms with Crippen molar-refractivity contribution in [2.75, 3.05) is 6.26 Å². The Balaban J connectivity index is 2.68. The molecule has 0 aliphatic heterocycles. The highest BCUT2D eigenvalue weighted by atomic mass is 32.2. The molecule has 0 atom stereocenters. The Morgan fingerprint density at radius 1 is 1.33 bits per heavy atom. The Morgan fingerprint density at radius 2 is 2.13 bits per heavy atom. The molecule has 0 N–H and O–H groups in total. The van der Waals surface area contributed by atoms with Crippen LogP contribution in [0.15, 0.2) is 42.1 Å². The van der Waals surface area contributed by atoms with Crippen LogP contribution in [-0.2, 0) is 6.42 Å². The molecule has 0 radical (unpaired) electrons. The van der Waals surface area contributed by atoms with Gasteiger partial charge in [-0.1, -0.05) is 36.0 Å². The lowest BCUT2D eigenvalue weighted by molar-refractivity contribution is 0.949. The third kappa shape index (κ3) is 2.02. The van der Waals surface area contributed by atoms with E-state index < -0.39 is 0 Å². The number of allylic oxidation sites excluding steroid dienone is 1. The van der Waals surface area contributed by atoms with Crippen LogP contribution >= 0.6 is 11.8 Å². The fourth-order valence-electron chi connectivity index (χ4n) is 1.50. The van der Waals surface area contributed by atoms with E-state index in [-0.39, 0.29) is 0 Å². The van der Waals surface area contributed by atoms with E-state index >= 15 is 0 Å². The summed E-state index contributed by atoms with van der Waals surface area (Å²) in [4.78, 5) is 8.94. The van der Waals surface area contributed by atoms with E-state index in [0.717, 1.165) is 28.2 Å². The summed E-state index contributed by atoms with van der Waals surface area (Å²) in [5.41, 5.74) is 2.06. The normalized spacial score (nSPS) is 10.5. The predicted molar refractivity (Wildman–Crippen MR) is 65.2 cm³/mol. The van der Waals surface area contributed by atoms with E-state index in [4.69, 9.17) is 0 Å². The molecule has 0 bridgehead atoms. The second kappa shape index (κ2) is 4.45. The van der Waals surface area contributed by atoms with Gasteiger partial charge in [0.1, 0.15) is 0 Å². The van der Waals surface area contributed by atoms with Crippen LogP contribution in [0.25, 0.3) is 10.9 Å². The van der Waals surface area contributed by atoms with Gasteiger partial charge in [-0.25, -0.2) is 9.97 Å². The number of hydrogen-bond donors (Lipinski definition) is 0. The van der Waals surface area contributed by atoms with Gasteiger partial charge >= 0.3 is 0 Å². The van der Waals surface area contributed by atoms with Gasteiger partial charge in [0.05, 0.1) is 11.2 Å². The van der Waals surface area contributed by atoms with Gasteiger partial charge in [-0.2, -0.15) is 0 Å². The highest BCUT2D eigenvalue weighted by Gasteiger charge is 2.04. The lowest BCUT2D eigenvalue weighted by Gasteiger charge is -2.04. The van der Waals surface area contributed by atoms with Crippen molar-refractivity contribution in [1.82, 2.24) is 9.97 Å². The minimum atomic E-state index is 0.788. The number of aromatic nitrogens is 2. The van der Waals surface area contributed by atoms with E-state index in [2.05, 4.69) is 22.6 Å². The van der Waals surface area contributed by atoms with Crippen molar-refractivity contribution in [3.63, 3.8) is 0 Å². The molecular weight excluding hydrogens is 204 g/mol. The smallest absolute Gasteiger partial charge is 0.188 e. The Morgan fingerprint density at radius 3 is 2.87 bits per heavy atom. The second-order valence-corrected chi connectivity index (χ2v) is 3.94. The van der Waals surface area contributed by atoms with Gasteiger partial charge in [0.15, 0.2) is 5.16 Å². The predicted octanol–water partition coefficient (Wildman–Crippen LogP) is 3.08. The van der Waals surface area contributed by atoms with Crippen LogP contribution in [0.5, 0.6) is 0 Å². The van der Waals surface area contributed by atoms with Crippen molar-refractivity contribution >= 4 is 22.7 Å². The van der Waals surface area contributed by atoms with E-state index in [1.54, 1.807) is 11.8 Å². The molecule has 0 aliphatic rings.